The van der Waals surface area contributed by atoms with Crippen LogP contribution in [-0.4, -0.2) is 23.2 Å². The van der Waals surface area contributed by atoms with Gasteiger partial charge in [-0.1, -0.05) is 26.8 Å². The van der Waals surface area contributed by atoms with Crippen LogP contribution in [0, 0.1) is 34.5 Å². The van der Waals surface area contributed by atoms with E-state index in [-0.39, 0.29) is 22.8 Å². The Bertz CT molecular complexity index is 530. The molecule has 0 aromatic rings. The second kappa shape index (κ2) is 4.59. The molecule has 3 fully saturated rings. The predicted molar refractivity (Wildman–Crippen MR) is 86.0 cm³/mol. The van der Waals surface area contributed by atoms with Gasteiger partial charge in [0.2, 0.25) is 5.91 Å². The monoisotopic (exact) mass is 303 g/mol. The highest BCUT2D eigenvalue weighted by atomic mass is 16.3. The number of rotatable bonds is 0. The van der Waals surface area contributed by atoms with E-state index >= 15 is 0 Å². The first-order chi connectivity index (χ1) is 10.4. The zero-order valence-electron chi connectivity index (χ0n) is 14.0. The topological polar surface area (TPSA) is 49.3 Å². The number of hydrogen-bond donors (Lipinski definition) is 2. The number of fused-ring (bicyclic) bond motifs is 5. The lowest BCUT2D eigenvalue weighted by Gasteiger charge is -2.59. The van der Waals surface area contributed by atoms with Crippen LogP contribution in [0.3, 0.4) is 0 Å². The fourth-order valence-corrected chi connectivity index (χ4v) is 6.84. The summed E-state index contributed by atoms with van der Waals surface area (Å²) in [7, 11) is 0. The molecule has 1 heterocycles. The van der Waals surface area contributed by atoms with Crippen LogP contribution in [0.15, 0.2) is 12.2 Å². The van der Waals surface area contributed by atoms with Crippen LogP contribution in [0.25, 0.3) is 0 Å². The molecule has 0 unspecified atom stereocenters. The molecule has 1 aliphatic heterocycles. The van der Waals surface area contributed by atoms with Crippen LogP contribution in [0.4, 0.5) is 0 Å². The molecule has 0 aromatic heterocycles. The average molecular weight is 303 g/mol. The van der Waals surface area contributed by atoms with Crippen molar-refractivity contribution in [2.45, 2.75) is 65.0 Å². The number of nitrogens with one attached hydrogen (secondary N) is 1. The molecule has 3 aliphatic carbocycles. The minimum Gasteiger partial charge on any atom is -0.393 e. The average Bonchev–Trinajstić information content (AvgIpc) is 2.70. The molecule has 1 amide bonds. The second-order valence-electron chi connectivity index (χ2n) is 8.91. The summed E-state index contributed by atoms with van der Waals surface area (Å²) in [5.74, 6) is 2.69. The standard InChI is InChI=1S/C19H29NO2/c1-11-10-15(21)19(3)8-6-13-12(17(11)19)4-5-14-18(13,2)9-7-16(22)20-14/h7,9,11-15,17,21H,4-6,8,10H2,1-3H3,(H,20,22)/t11-,12-,13+,14-,15+,17+,18-,19-/m1/s1. The van der Waals surface area contributed by atoms with E-state index in [0.29, 0.717) is 29.7 Å². The molecular weight excluding hydrogens is 274 g/mol. The Labute approximate surface area is 133 Å². The highest BCUT2D eigenvalue weighted by Crippen LogP contribution is 2.64. The largest absolute Gasteiger partial charge is 0.393 e. The zero-order valence-corrected chi connectivity index (χ0v) is 14.0. The second-order valence-corrected chi connectivity index (χ2v) is 8.91. The van der Waals surface area contributed by atoms with Gasteiger partial charge in [-0.25, -0.2) is 0 Å². The van der Waals surface area contributed by atoms with Crippen LogP contribution in [0.2, 0.25) is 0 Å². The van der Waals surface area contributed by atoms with Crippen molar-refractivity contribution in [3.63, 3.8) is 0 Å². The molecule has 22 heavy (non-hydrogen) atoms. The summed E-state index contributed by atoms with van der Waals surface area (Å²) in [5.41, 5.74) is 0.219. The molecular formula is C19H29NO2. The Hall–Kier alpha value is -0.830. The summed E-state index contributed by atoms with van der Waals surface area (Å²) in [6.07, 6.45) is 9.41. The third kappa shape index (κ3) is 1.75. The Morgan fingerprint density at radius 1 is 1.27 bits per heavy atom. The molecule has 122 valence electrons. The van der Waals surface area contributed by atoms with E-state index < -0.39 is 0 Å². The van der Waals surface area contributed by atoms with Crippen molar-refractivity contribution in [2.24, 2.45) is 34.5 Å². The zero-order chi connectivity index (χ0) is 15.7. The Kier molecular flexibility index (Phi) is 3.08. The molecule has 0 saturated heterocycles. The van der Waals surface area contributed by atoms with E-state index in [1.807, 2.05) is 0 Å². The molecule has 3 saturated carbocycles. The van der Waals surface area contributed by atoms with Crippen molar-refractivity contribution < 1.29 is 9.90 Å². The van der Waals surface area contributed by atoms with E-state index in [1.165, 1.54) is 12.8 Å². The highest BCUT2D eigenvalue weighted by molar-refractivity contribution is 5.89. The maximum atomic E-state index is 11.7. The van der Waals surface area contributed by atoms with Crippen LogP contribution >= 0.6 is 0 Å². The molecule has 4 rings (SSSR count). The lowest BCUT2D eigenvalue weighted by atomic mass is 9.48. The van der Waals surface area contributed by atoms with Gasteiger partial charge >= 0.3 is 0 Å². The molecule has 2 N–H and O–H groups in total. The summed E-state index contributed by atoms with van der Waals surface area (Å²) in [5, 5.41) is 13.8. The Balaban J connectivity index is 1.71. The summed E-state index contributed by atoms with van der Waals surface area (Å²) in [6, 6.07) is 0.303. The molecule has 0 aromatic carbocycles. The predicted octanol–water partition coefficient (Wildman–Crippen LogP) is 2.89. The minimum absolute atomic E-state index is 0.0752. The maximum Gasteiger partial charge on any atom is 0.243 e. The van der Waals surface area contributed by atoms with Crippen LogP contribution in [0.5, 0.6) is 0 Å². The van der Waals surface area contributed by atoms with E-state index in [9.17, 15) is 9.90 Å². The first-order valence-corrected chi connectivity index (χ1v) is 9.04. The number of amides is 1. The van der Waals surface area contributed by atoms with Gasteiger partial charge < -0.3 is 10.4 Å². The van der Waals surface area contributed by atoms with Gasteiger partial charge in [-0.2, -0.15) is 0 Å². The van der Waals surface area contributed by atoms with E-state index in [2.05, 4.69) is 32.2 Å². The quantitative estimate of drug-likeness (QED) is 0.723. The van der Waals surface area contributed by atoms with Crippen molar-refractivity contribution in [2.75, 3.05) is 0 Å². The van der Waals surface area contributed by atoms with Crippen LogP contribution < -0.4 is 5.32 Å². The Morgan fingerprint density at radius 3 is 2.82 bits per heavy atom. The summed E-state index contributed by atoms with van der Waals surface area (Å²) < 4.78 is 0. The molecule has 4 aliphatic rings. The number of carbonyl (C=O) groups excluding carboxylic acids is 1. The summed E-state index contributed by atoms with van der Waals surface area (Å²) in [4.78, 5) is 11.7. The van der Waals surface area contributed by atoms with E-state index in [4.69, 9.17) is 0 Å². The summed E-state index contributed by atoms with van der Waals surface area (Å²) >= 11 is 0. The maximum absolute atomic E-state index is 11.7. The number of hydrogen-bond acceptors (Lipinski definition) is 2. The fourth-order valence-electron chi connectivity index (χ4n) is 6.84. The fraction of sp³-hybridized carbons (Fsp3) is 0.842. The van der Waals surface area contributed by atoms with Crippen molar-refractivity contribution in [1.82, 2.24) is 5.32 Å². The lowest BCUT2D eigenvalue weighted by Crippen LogP contribution is -2.59. The van der Waals surface area contributed by atoms with Crippen LogP contribution in [0.1, 0.15) is 52.9 Å². The van der Waals surface area contributed by atoms with Gasteiger partial charge in [0.1, 0.15) is 0 Å². The van der Waals surface area contributed by atoms with Gasteiger partial charge in [0.05, 0.1) is 6.10 Å². The molecule has 0 bridgehead atoms. The van der Waals surface area contributed by atoms with Gasteiger partial charge in [0.25, 0.3) is 0 Å². The third-order valence-electron chi connectivity index (χ3n) is 7.95. The van der Waals surface area contributed by atoms with Gasteiger partial charge in [0, 0.05) is 11.5 Å². The molecule has 0 spiro atoms. The smallest absolute Gasteiger partial charge is 0.243 e. The number of carbonyl (C=O) groups is 1. The molecule has 0 radical (unpaired) electrons. The van der Waals surface area contributed by atoms with E-state index in [0.717, 1.165) is 19.3 Å². The van der Waals surface area contributed by atoms with Gasteiger partial charge in [-0.3, -0.25) is 4.79 Å². The first kappa shape index (κ1) is 14.7. The van der Waals surface area contributed by atoms with Gasteiger partial charge in [0.15, 0.2) is 0 Å². The molecule has 3 heteroatoms. The first-order valence-electron chi connectivity index (χ1n) is 9.04. The summed E-state index contributed by atoms with van der Waals surface area (Å²) in [6.45, 7) is 7.02. The number of aliphatic hydroxyl groups is 1. The SMILES string of the molecule is C[C@@H]1C[C@H](O)[C@@]2(C)CC[C@H]3[C@@H](CC[C@H]4NC(=O)C=C[C@@]43C)[C@H]12. The highest BCUT2D eigenvalue weighted by Gasteiger charge is 2.61. The van der Waals surface area contributed by atoms with Crippen molar-refractivity contribution >= 4 is 5.91 Å². The van der Waals surface area contributed by atoms with Gasteiger partial charge in [-0.15, -0.1) is 0 Å². The minimum atomic E-state index is -0.124. The normalized spacial score (nSPS) is 56.8. The van der Waals surface area contributed by atoms with Crippen molar-refractivity contribution in [1.29, 1.82) is 0 Å². The number of aliphatic hydroxyl groups excluding tert-OH is 1. The molecule has 8 atom stereocenters. The molecule has 3 nitrogen and oxygen atoms in total. The van der Waals surface area contributed by atoms with E-state index in [1.54, 1.807) is 6.08 Å². The van der Waals surface area contributed by atoms with Crippen LogP contribution in [-0.2, 0) is 4.79 Å². The van der Waals surface area contributed by atoms with Crippen molar-refractivity contribution in [3.8, 4) is 0 Å². The lowest BCUT2D eigenvalue weighted by molar-refractivity contribution is -0.124. The third-order valence-corrected chi connectivity index (χ3v) is 7.95. The van der Waals surface area contributed by atoms with Crippen molar-refractivity contribution in [3.05, 3.63) is 12.2 Å². The van der Waals surface area contributed by atoms with Gasteiger partial charge in [-0.05, 0) is 67.3 Å². The Morgan fingerprint density at radius 2 is 2.05 bits per heavy atom.